The minimum Gasteiger partial charge on any atom is -0.302 e. The van der Waals surface area contributed by atoms with Crippen molar-refractivity contribution < 1.29 is 0 Å². The number of rotatable bonds is 0. The molecule has 2 rings (SSSR count). The van der Waals surface area contributed by atoms with Gasteiger partial charge in [0, 0.05) is 13.1 Å². The molecule has 1 heteroatoms. The fourth-order valence-electron chi connectivity index (χ4n) is 2.88. The van der Waals surface area contributed by atoms with Gasteiger partial charge in [-0.2, -0.15) is 0 Å². The van der Waals surface area contributed by atoms with Crippen molar-refractivity contribution in [2.24, 2.45) is 11.8 Å². The number of likely N-dealkylation sites (N-methyl/N-ethyl adjacent to an activating group) is 1. The number of hydrogen-bond acceptors (Lipinski definition) is 1. The highest BCUT2D eigenvalue weighted by atomic mass is 15.1. The first-order valence-corrected chi connectivity index (χ1v) is 5.05. The molecule has 1 aliphatic carbocycles. The van der Waals surface area contributed by atoms with Crippen LogP contribution in [0.5, 0.6) is 0 Å². The molecule has 0 bridgehead atoms. The maximum Gasteiger partial charge on any atom is 0.0195 e. The molecule has 0 aromatic heterocycles. The van der Waals surface area contributed by atoms with Crippen LogP contribution in [0.4, 0.5) is 0 Å². The number of allylic oxidation sites excluding steroid dienone is 1. The fraction of sp³-hybridized carbons (Fsp3) is 0.818. The molecule has 2 aliphatic rings. The molecule has 0 saturated carbocycles. The third kappa shape index (κ3) is 1.20. The van der Waals surface area contributed by atoms with Gasteiger partial charge in [-0.1, -0.05) is 18.1 Å². The van der Waals surface area contributed by atoms with Gasteiger partial charge in [0.2, 0.25) is 0 Å². The second-order valence-electron chi connectivity index (χ2n) is 4.62. The molecule has 1 saturated heterocycles. The number of nitrogens with zero attached hydrogens (tertiary/aromatic N) is 1. The molecule has 0 aromatic carbocycles. The molecular formula is C11H19N. The zero-order valence-electron chi connectivity index (χ0n) is 8.43. The van der Waals surface area contributed by atoms with Gasteiger partial charge in [-0.3, -0.25) is 0 Å². The van der Waals surface area contributed by atoms with E-state index in [0.29, 0.717) is 0 Å². The number of fused-ring (bicyclic) bond motifs is 1. The highest BCUT2D eigenvalue weighted by Gasteiger charge is 2.32. The van der Waals surface area contributed by atoms with E-state index in [4.69, 9.17) is 0 Å². The molecule has 2 atom stereocenters. The second kappa shape index (κ2) is 2.88. The summed E-state index contributed by atoms with van der Waals surface area (Å²) in [5, 5.41) is 0. The summed E-state index contributed by atoms with van der Waals surface area (Å²) in [7, 11) is 2.24. The van der Waals surface area contributed by atoms with Crippen molar-refractivity contribution >= 4 is 0 Å². The van der Waals surface area contributed by atoms with Gasteiger partial charge in [0.15, 0.2) is 0 Å². The normalized spacial score (nSPS) is 37.2. The van der Waals surface area contributed by atoms with E-state index in [1.54, 1.807) is 11.1 Å². The third-order valence-corrected chi connectivity index (χ3v) is 3.55. The zero-order valence-corrected chi connectivity index (χ0v) is 8.43. The number of likely N-dealkylation sites (tertiary alicyclic amines) is 1. The highest BCUT2D eigenvalue weighted by Crippen LogP contribution is 2.39. The van der Waals surface area contributed by atoms with E-state index in [9.17, 15) is 0 Å². The van der Waals surface area contributed by atoms with Crippen LogP contribution >= 0.6 is 0 Å². The minimum absolute atomic E-state index is 0.885. The van der Waals surface area contributed by atoms with E-state index < -0.39 is 0 Å². The SMILES string of the molecule is CC1=C2CN(C)CC(C)C2CC1. The van der Waals surface area contributed by atoms with E-state index in [1.165, 1.54) is 25.9 Å². The molecule has 0 amide bonds. The van der Waals surface area contributed by atoms with E-state index in [0.717, 1.165) is 11.8 Å². The van der Waals surface area contributed by atoms with Crippen molar-refractivity contribution in [1.29, 1.82) is 0 Å². The largest absolute Gasteiger partial charge is 0.302 e. The summed E-state index contributed by atoms with van der Waals surface area (Å²) in [6.45, 7) is 7.25. The first-order chi connectivity index (χ1) is 5.68. The van der Waals surface area contributed by atoms with Gasteiger partial charge in [-0.25, -0.2) is 0 Å². The summed E-state index contributed by atoms with van der Waals surface area (Å²) in [6.07, 6.45) is 2.79. The van der Waals surface area contributed by atoms with Gasteiger partial charge in [-0.05, 0) is 38.6 Å². The Hall–Kier alpha value is -0.300. The lowest BCUT2D eigenvalue weighted by Crippen LogP contribution is -2.37. The van der Waals surface area contributed by atoms with Gasteiger partial charge < -0.3 is 4.90 Å². The highest BCUT2D eigenvalue weighted by molar-refractivity contribution is 5.25. The van der Waals surface area contributed by atoms with Crippen LogP contribution in [-0.2, 0) is 0 Å². The molecule has 1 aliphatic heterocycles. The molecule has 0 radical (unpaired) electrons. The summed E-state index contributed by atoms with van der Waals surface area (Å²) in [5.74, 6) is 1.82. The van der Waals surface area contributed by atoms with Crippen LogP contribution in [-0.4, -0.2) is 25.0 Å². The molecule has 0 spiro atoms. The van der Waals surface area contributed by atoms with E-state index in [2.05, 4.69) is 25.8 Å². The lowest BCUT2D eigenvalue weighted by Gasteiger charge is -2.35. The zero-order chi connectivity index (χ0) is 8.72. The maximum atomic E-state index is 2.46. The predicted molar refractivity (Wildman–Crippen MR) is 52.1 cm³/mol. The second-order valence-corrected chi connectivity index (χ2v) is 4.62. The van der Waals surface area contributed by atoms with Gasteiger partial charge >= 0.3 is 0 Å². The quantitative estimate of drug-likeness (QED) is 0.498. The van der Waals surface area contributed by atoms with Crippen LogP contribution in [0.3, 0.4) is 0 Å². The van der Waals surface area contributed by atoms with Gasteiger partial charge in [0.25, 0.3) is 0 Å². The molecule has 0 aromatic rings. The molecule has 0 N–H and O–H groups in total. The lowest BCUT2D eigenvalue weighted by molar-refractivity contribution is 0.212. The standard InChI is InChI=1S/C11H19N/c1-8-4-5-10-9(2)6-12(3)7-11(8)10/h9-10H,4-7H2,1-3H3. The molecule has 12 heavy (non-hydrogen) atoms. The number of piperidine rings is 1. The topological polar surface area (TPSA) is 3.24 Å². The van der Waals surface area contributed by atoms with Crippen LogP contribution < -0.4 is 0 Å². The Labute approximate surface area is 75.4 Å². The Kier molecular flexibility index (Phi) is 1.99. The van der Waals surface area contributed by atoms with Crippen LogP contribution in [0, 0.1) is 11.8 Å². The van der Waals surface area contributed by atoms with Gasteiger partial charge in [-0.15, -0.1) is 0 Å². The molecule has 2 unspecified atom stereocenters. The Bertz CT molecular complexity index is 217. The summed E-state index contributed by atoms with van der Waals surface area (Å²) < 4.78 is 0. The summed E-state index contributed by atoms with van der Waals surface area (Å²) >= 11 is 0. The summed E-state index contributed by atoms with van der Waals surface area (Å²) in [4.78, 5) is 2.46. The third-order valence-electron chi connectivity index (χ3n) is 3.55. The smallest absolute Gasteiger partial charge is 0.0195 e. The average molecular weight is 165 g/mol. The van der Waals surface area contributed by atoms with E-state index in [-0.39, 0.29) is 0 Å². The van der Waals surface area contributed by atoms with Crippen molar-refractivity contribution in [3.63, 3.8) is 0 Å². The summed E-state index contributed by atoms with van der Waals surface area (Å²) in [5.41, 5.74) is 3.44. The van der Waals surface area contributed by atoms with Crippen molar-refractivity contribution in [2.45, 2.75) is 26.7 Å². The predicted octanol–water partition coefficient (Wildman–Crippen LogP) is 2.29. The molecule has 1 fully saturated rings. The van der Waals surface area contributed by atoms with Crippen molar-refractivity contribution in [3.05, 3.63) is 11.1 Å². The van der Waals surface area contributed by atoms with Gasteiger partial charge in [0.05, 0.1) is 0 Å². The van der Waals surface area contributed by atoms with Crippen LogP contribution in [0.1, 0.15) is 26.7 Å². The van der Waals surface area contributed by atoms with Gasteiger partial charge in [0.1, 0.15) is 0 Å². The van der Waals surface area contributed by atoms with Crippen LogP contribution in [0.2, 0.25) is 0 Å². The van der Waals surface area contributed by atoms with Crippen LogP contribution in [0.15, 0.2) is 11.1 Å². The van der Waals surface area contributed by atoms with Crippen molar-refractivity contribution in [2.75, 3.05) is 20.1 Å². The Balaban J connectivity index is 2.22. The number of hydrogen-bond donors (Lipinski definition) is 0. The Morgan fingerprint density at radius 3 is 2.92 bits per heavy atom. The molecular weight excluding hydrogens is 146 g/mol. The summed E-state index contributed by atoms with van der Waals surface area (Å²) in [6, 6.07) is 0. The molecule has 1 nitrogen and oxygen atoms in total. The molecule has 1 heterocycles. The first-order valence-electron chi connectivity index (χ1n) is 5.05. The average Bonchev–Trinajstić information content (AvgIpc) is 2.33. The van der Waals surface area contributed by atoms with E-state index in [1.807, 2.05) is 0 Å². The van der Waals surface area contributed by atoms with Crippen molar-refractivity contribution in [3.8, 4) is 0 Å². The maximum absolute atomic E-state index is 2.46. The van der Waals surface area contributed by atoms with E-state index >= 15 is 0 Å². The minimum atomic E-state index is 0.885. The van der Waals surface area contributed by atoms with Crippen molar-refractivity contribution in [1.82, 2.24) is 4.90 Å². The molecule has 68 valence electrons. The van der Waals surface area contributed by atoms with Crippen LogP contribution in [0.25, 0.3) is 0 Å². The Morgan fingerprint density at radius 2 is 2.17 bits per heavy atom. The Morgan fingerprint density at radius 1 is 1.42 bits per heavy atom. The first kappa shape index (κ1) is 8.31. The lowest BCUT2D eigenvalue weighted by atomic mass is 9.84. The fourth-order valence-corrected chi connectivity index (χ4v) is 2.88. The monoisotopic (exact) mass is 165 g/mol.